The molecule has 15 heavy (non-hydrogen) atoms. The summed E-state index contributed by atoms with van der Waals surface area (Å²) < 4.78 is 29.8. The van der Waals surface area contributed by atoms with Crippen LogP contribution in [0.15, 0.2) is 18.2 Å². The van der Waals surface area contributed by atoms with Gasteiger partial charge in [0.2, 0.25) is 0 Å². The molecule has 0 bridgehead atoms. The van der Waals surface area contributed by atoms with Crippen LogP contribution in [0.3, 0.4) is 0 Å². The van der Waals surface area contributed by atoms with E-state index < -0.39 is 20.8 Å². The van der Waals surface area contributed by atoms with Crippen LogP contribution in [-0.2, 0) is 15.9 Å². The van der Waals surface area contributed by atoms with Gasteiger partial charge < -0.3 is 0 Å². The Morgan fingerprint density at radius 3 is 2.47 bits per heavy atom. The lowest BCUT2D eigenvalue weighted by atomic mass is 10.1. The van der Waals surface area contributed by atoms with Crippen molar-refractivity contribution in [2.24, 2.45) is 0 Å². The van der Waals surface area contributed by atoms with Crippen molar-refractivity contribution in [1.29, 1.82) is 0 Å². The van der Waals surface area contributed by atoms with E-state index in [0.717, 1.165) is 6.07 Å². The Labute approximate surface area is 86.4 Å². The second kappa shape index (κ2) is 3.95. The highest BCUT2D eigenvalue weighted by Crippen LogP contribution is 2.18. The molecule has 82 valence electrons. The van der Waals surface area contributed by atoms with E-state index in [2.05, 4.69) is 0 Å². The van der Waals surface area contributed by atoms with E-state index in [1.807, 2.05) is 0 Å². The Morgan fingerprint density at radius 2 is 2.00 bits per heavy atom. The molecule has 0 saturated heterocycles. The summed E-state index contributed by atoms with van der Waals surface area (Å²) in [5.74, 6) is -0.616. The van der Waals surface area contributed by atoms with Gasteiger partial charge in [0, 0.05) is 12.1 Å². The maximum Gasteiger partial charge on any atom is 0.269 e. The summed E-state index contributed by atoms with van der Waals surface area (Å²) in [5.41, 5.74) is 0.584. The van der Waals surface area contributed by atoms with Gasteiger partial charge in [0.25, 0.3) is 15.8 Å². The first kappa shape index (κ1) is 11.6. The SMILES string of the molecule is Cc1cc(CS(=O)(=O)O)cc([N+](=O)[O-])c1. The van der Waals surface area contributed by atoms with Crippen molar-refractivity contribution < 1.29 is 17.9 Å². The van der Waals surface area contributed by atoms with Crippen LogP contribution in [0.2, 0.25) is 0 Å². The molecule has 0 spiro atoms. The van der Waals surface area contributed by atoms with Crippen molar-refractivity contribution in [2.75, 3.05) is 0 Å². The van der Waals surface area contributed by atoms with Gasteiger partial charge in [0.15, 0.2) is 0 Å². The summed E-state index contributed by atoms with van der Waals surface area (Å²) in [6, 6.07) is 3.93. The smallest absolute Gasteiger partial charge is 0.269 e. The molecule has 0 unspecified atom stereocenters. The minimum absolute atomic E-state index is 0.186. The van der Waals surface area contributed by atoms with Crippen molar-refractivity contribution in [3.63, 3.8) is 0 Å². The van der Waals surface area contributed by atoms with Gasteiger partial charge in [0.1, 0.15) is 5.75 Å². The molecule has 0 saturated carbocycles. The molecule has 1 aromatic rings. The molecule has 6 nitrogen and oxygen atoms in total. The number of nitro benzene ring substituents is 1. The average Bonchev–Trinajstić information content (AvgIpc) is 1.99. The molecular weight excluding hydrogens is 222 g/mol. The molecular formula is C8H9NO5S. The van der Waals surface area contributed by atoms with Crippen LogP contribution in [-0.4, -0.2) is 17.9 Å². The molecule has 0 radical (unpaired) electrons. The Bertz CT molecular complexity index is 494. The summed E-state index contributed by atoms with van der Waals surface area (Å²) >= 11 is 0. The van der Waals surface area contributed by atoms with E-state index in [9.17, 15) is 18.5 Å². The number of hydrogen-bond donors (Lipinski definition) is 1. The third-order valence-electron chi connectivity index (χ3n) is 1.68. The van der Waals surface area contributed by atoms with Gasteiger partial charge in [-0.05, 0) is 18.1 Å². The molecule has 0 aliphatic heterocycles. The van der Waals surface area contributed by atoms with Crippen LogP contribution in [0.1, 0.15) is 11.1 Å². The van der Waals surface area contributed by atoms with Crippen LogP contribution in [0, 0.1) is 17.0 Å². The molecule has 1 N–H and O–H groups in total. The fourth-order valence-corrected chi connectivity index (χ4v) is 1.83. The first-order chi connectivity index (χ1) is 6.78. The molecule has 0 amide bonds. The fraction of sp³-hybridized carbons (Fsp3) is 0.250. The van der Waals surface area contributed by atoms with Gasteiger partial charge in [-0.3, -0.25) is 14.7 Å². The molecule has 1 aromatic carbocycles. The van der Waals surface area contributed by atoms with E-state index in [1.165, 1.54) is 12.1 Å². The van der Waals surface area contributed by atoms with Crippen molar-refractivity contribution >= 4 is 15.8 Å². The molecule has 0 atom stereocenters. The van der Waals surface area contributed by atoms with Gasteiger partial charge in [-0.15, -0.1) is 0 Å². The van der Waals surface area contributed by atoms with Crippen molar-refractivity contribution in [1.82, 2.24) is 0 Å². The normalized spacial score (nSPS) is 11.3. The summed E-state index contributed by atoms with van der Waals surface area (Å²) in [4.78, 5) is 9.85. The first-order valence-electron chi connectivity index (χ1n) is 3.98. The van der Waals surface area contributed by atoms with Gasteiger partial charge >= 0.3 is 0 Å². The average molecular weight is 231 g/mol. The summed E-state index contributed by atoms with van der Waals surface area (Å²) in [6.45, 7) is 1.61. The topological polar surface area (TPSA) is 97.5 Å². The predicted molar refractivity (Wildman–Crippen MR) is 53.1 cm³/mol. The minimum atomic E-state index is -4.16. The van der Waals surface area contributed by atoms with Crippen molar-refractivity contribution in [3.8, 4) is 0 Å². The highest BCUT2D eigenvalue weighted by Gasteiger charge is 2.12. The lowest BCUT2D eigenvalue weighted by Gasteiger charge is -2.00. The van der Waals surface area contributed by atoms with E-state index in [-0.39, 0.29) is 11.3 Å². The van der Waals surface area contributed by atoms with Crippen LogP contribution in [0.5, 0.6) is 0 Å². The Hall–Kier alpha value is -1.47. The zero-order chi connectivity index (χ0) is 11.6. The number of aryl methyl sites for hydroxylation is 1. The van der Waals surface area contributed by atoms with Crippen LogP contribution >= 0.6 is 0 Å². The van der Waals surface area contributed by atoms with E-state index in [1.54, 1.807) is 6.92 Å². The number of nitro groups is 1. The standard InChI is InChI=1S/C8H9NO5S/c1-6-2-7(5-15(12,13)14)4-8(3-6)9(10)11/h2-4H,5H2,1H3,(H,12,13,14). The van der Waals surface area contributed by atoms with E-state index in [4.69, 9.17) is 4.55 Å². The summed E-state index contributed by atoms with van der Waals surface area (Å²) in [5, 5.41) is 10.5. The molecule has 7 heteroatoms. The van der Waals surface area contributed by atoms with Gasteiger partial charge in [-0.2, -0.15) is 8.42 Å². The number of non-ortho nitro benzene ring substituents is 1. The monoisotopic (exact) mass is 231 g/mol. The summed E-state index contributed by atoms with van der Waals surface area (Å²) in [7, 11) is -4.16. The largest absolute Gasteiger partial charge is 0.285 e. The molecule has 0 aromatic heterocycles. The maximum absolute atomic E-state index is 10.6. The van der Waals surface area contributed by atoms with Crippen LogP contribution in [0.4, 0.5) is 5.69 Å². The Morgan fingerprint density at radius 1 is 1.40 bits per heavy atom. The molecule has 0 heterocycles. The molecule has 0 fully saturated rings. The molecule has 0 aliphatic carbocycles. The number of nitrogens with zero attached hydrogens (tertiary/aromatic N) is 1. The third-order valence-corrected chi connectivity index (χ3v) is 2.38. The zero-order valence-corrected chi connectivity index (χ0v) is 8.69. The van der Waals surface area contributed by atoms with Crippen LogP contribution < -0.4 is 0 Å². The minimum Gasteiger partial charge on any atom is -0.285 e. The fourth-order valence-electron chi connectivity index (χ4n) is 1.24. The lowest BCUT2D eigenvalue weighted by Crippen LogP contribution is -2.02. The number of benzene rings is 1. The van der Waals surface area contributed by atoms with E-state index in [0.29, 0.717) is 5.56 Å². The van der Waals surface area contributed by atoms with Crippen molar-refractivity contribution in [2.45, 2.75) is 12.7 Å². The highest BCUT2D eigenvalue weighted by molar-refractivity contribution is 7.85. The second-order valence-corrected chi connectivity index (χ2v) is 4.61. The number of hydrogen-bond acceptors (Lipinski definition) is 4. The van der Waals surface area contributed by atoms with Gasteiger partial charge in [-0.25, -0.2) is 0 Å². The lowest BCUT2D eigenvalue weighted by molar-refractivity contribution is -0.384. The van der Waals surface area contributed by atoms with Gasteiger partial charge in [0.05, 0.1) is 4.92 Å². The second-order valence-electron chi connectivity index (χ2n) is 3.16. The zero-order valence-electron chi connectivity index (χ0n) is 7.87. The third kappa shape index (κ3) is 3.64. The molecule has 0 aliphatic rings. The summed E-state index contributed by atoms with van der Waals surface area (Å²) in [6.07, 6.45) is 0. The van der Waals surface area contributed by atoms with Crippen molar-refractivity contribution in [3.05, 3.63) is 39.4 Å². The molecule has 1 rings (SSSR count). The quantitative estimate of drug-likeness (QED) is 0.480. The Balaban J connectivity index is 3.15. The Kier molecular flexibility index (Phi) is 3.06. The first-order valence-corrected chi connectivity index (χ1v) is 5.59. The predicted octanol–water partition coefficient (Wildman–Crippen LogP) is 1.29. The highest BCUT2D eigenvalue weighted by atomic mass is 32.2. The van der Waals surface area contributed by atoms with Gasteiger partial charge in [-0.1, -0.05) is 6.07 Å². The number of rotatable bonds is 3. The maximum atomic E-state index is 10.6. The van der Waals surface area contributed by atoms with E-state index >= 15 is 0 Å². The van der Waals surface area contributed by atoms with Crippen LogP contribution in [0.25, 0.3) is 0 Å².